The van der Waals surface area contributed by atoms with E-state index in [1.54, 1.807) is 6.92 Å². The third-order valence-corrected chi connectivity index (χ3v) is 2.65. The lowest BCUT2D eigenvalue weighted by atomic mass is 10.1. The Morgan fingerprint density at radius 2 is 2.24 bits per heavy atom. The maximum atomic E-state index is 11.3. The molecule has 0 aromatic rings. The summed E-state index contributed by atoms with van der Waals surface area (Å²) in [5.41, 5.74) is 0. The Hall–Kier alpha value is -0.190. The van der Waals surface area contributed by atoms with E-state index in [0.29, 0.717) is 13.0 Å². The molecule has 0 spiro atoms. The molecule has 0 N–H and O–H groups in total. The molecule has 0 radical (unpaired) electrons. The number of hydrogen-bond donors (Lipinski definition) is 0. The lowest BCUT2D eigenvalue weighted by molar-refractivity contribution is -0.143. The first-order valence-corrected chi connectivity index (χ1v) is 6.43. The summed E-state index contributed by atoms with van der Waals surface area (Å²) in [6.45, 7) is 3.93. The fourth-order valence-electron chi connectivity index (χ4n) is 1.55. The Bertz CT molecular complexity index is 314. The summed E-state index contributed by atoms with van der Waals surface area (Å²) >= 11 is 17.1. The van der Waals surface area contributed by atoms with Crippen molar-refractivity contribution in [3.8, 4) is 0 Å². The topological polar surface area (TPSA) is 47.9 Å². The van der Waals surface area contributed by atoms with Gasteiger partial charge in [-0.2, -0.15) is 0 Å². The van der Waals surface area contributed by atoms with Crippen molar-refractivity contribution in [1.29, 1.82) is 0 Å². The molecule has 0 saturated carbocycles. The summed E-state index contributed by atoms with van der Waals surface area (Å²) in [5.74, 6) is -0.269. The van der Waals surface area contributed by atoms with Crippen LogP contribution in [0.5, 0.6) is 0 Å². The lowest BCUT2D eigenvalue weighted by Gasteiger charge is -2.28. The van der Waals surface area contributed by atoms with Gasteiger partial charge in [0, 0.05) is 6.42 Å². The number of aliphatic imine (C=N–C) groups is 1. The van der Waals surface area contributed by atoms with Crippen LogP contribution in [-0.4, -0.2) is 34.4 Å². The van der Waals surface area contributed by atoms with Crippen molar-refractivity contribution in [3.05, 3.63) is 0 Å². The van der Waals surface area contributed by atoms with Gasteiger partial charge >= 0.3 is 5.97 Å². The largest absolute Gasteiger partial charge is 0.475 e. The molecule has 1 aliphatic rings. The fraction of sp³-hybridized carbons (Fsp3) is 0.800. The van der Waals surface area contributed by atoms with Gasteiger partial charge in [0.25, 0.3) is 3.79 Å². The predicted molar refractivity (Wildman–Crippen MR) is 67.9 cm³/mol. The molecular weight excluding hydrogens is 288 g/mol. The van der Waals surface area contributed by atoms with Crippen molar-refractivity contribution in [2.45, 2.75) is 42.6 Å². The normalized spacial score (nSPS) is 24.9. The van der Waals surface area contributed by atoms with E-state index in [1.165, 1.54) is 0 Å². The predicted octanol–water partition coefficient (Wildman–Crippen LogP) is 2.89. The summed E-state index contributed by atoms with van der Waals surface area (Å²) in [6.07, 6.45) is 0.632. The molecule has 0 saturated heterocycles. The first-order valence-electron chi connectivity index (χ1n) is 5.30. The number of esters is 1. The number of nitrogens with zero attached hydrogens (tertiary/aromatic N) is 1. The minimum absolute atomic E-state index is 0.0375. The smallest absolute Gasteiger partial charge is 0.307 e. The second-order valence-electron chi connectivity index (χ2n) is 3.76. The fourth-order valence-corrected chi connectivity index (χ4v) is 1.83. The van der Waals surface area contributed by atoms with Crippen molar-refractivity contribution in [2.75, 3.05) is 6.61 Å². The highest BCUT2D eigenvalue weighted by Gasteiger charge is 2.36. The molecule has 4 nitrogen and oxygen atoms in total. The first kappa shape index (κ1) is 14.9. The molecule has 0 unspecified atom stereocenters. The molecule has 0 aliphatic carbocycles. The zero-order valence-electron chi connectivity index (χ0n) is 9.58. The van der Waals surface area contributed by atoms with Crippen LogP contribution in [0, 0.1) is 0 Å². The number of carbonyl (C=O) groups is 1. The third kappa shape index (κ3) is 4.90. The van der Waals surface area contributed by atoms with E-state index in [-0.39, 0.29) is 30.4 Å². The molecule has 17 heavy (non-hydrogen) atoms. The van der Waals surface area contributed by atoms with E-state index in [0.717, 1.165) is 0 Å². The van der Waals surface area contributed by atoms with Crippen LogP contribution in [0.2, 0.25) is 0 Å². The number of hydrogen-bond acceptors (Lipinski definition) is 4. The highest BCUT2D eigenvalue weighted by molar-refractivity contribution is 6.76. The second kappa shape index (κ2) is 6.12. The first-order chi connectivity index (χ1) is 7.82. The van der Waals surface area contributed by atoms with E-state index in [1.807, 2.05) is 6.92 Å². The molecule has 0 aromatic heterocycles. The number of alkyl halides is 3. The number of carbonyl (C=O) groups excluding carboxylic acids is 1. The van der Waals surface area contributed by atoms with Crippen molar-refractivity contribution < 1.29 is 14.3 Å². The number of rotatable bonds is 3. The molecule has 0 amide bonds. The molecule has 98 valence electrons. The molecule has 1 aliphatic heterocycles. The third-order valence-electron chi connectivity index (χ3n) is 2.17. The van der Waals surface area contributed by atoms with Crippen LogP contribution in [0.1, 0.15) is 26.7 Å². The SMILES string of the molecule is CCOC(=O)C[C@H]1C[C@@H](C)OC(C(Cl)(Cl)Cl)=N1. The second-order valence-corrected chi connectivity index (χ2v) is 6.04. The summed E-state index contributed by atoms with van der Waals surface area (Å²) in [5, 5.41) is 0. The zero-order valence-corrected chi connectivity index (χ0v) is 11.8. The van der Waals surface area contributed by atoms with Gasteiger partial charge in [-0.05, 0) is 13.8 Å². The lowest BCUT2D eigenvalue weighted by Crippen LogP contribution is -2.35. The van der Waals surface area contributed by atoms with Crippen LogP contribution in [0.15, 0.2) is 4.99 Å². The van der Waals surface area contributed by atoms with Crippen LogP contribution < -0.4 is 0 Å². The summed E-state index contributed by atoms with van der Waals surface area (Å²) in [4.78, 5) is 15.5. The van der Waals surface area contributed by atoms with Crippen molar-refractivity contribution in [2.24, 2.45) is 4.99 Å². The Morgan fingerprint density at radius 3 is 2.76 bits per heavy atom. The summed E-state index contributed by atoms with van der Waals surface area (Å²) in [6, 6.07) is -0.261. The van der Waals surface area contributed by atoms with Gasteiger partial charge in [0.1, 0.15) is 0 Å². The Kier molecular flexibility index (Phi) is 5.35. The highest BCUT2D eigenvalue weighted by atomic mass is 35.6. The minimum atomic E-state index is -1.69. The summed E-state index contributed by atoms with van der Waals surface area (Å²) in [7, 11) is 0. The molecule has 7 heteroatoms. The minimum Gasteiger partial charge on any atom is -0.475 e. The molecular formula is C10H14Cl3NO3. The molecule has 0 fully saturated rings. The maximum Gasteiger partial charge on any atom is 0.307 e. The van der Waals surface area contributed by atoms with E-state index < -0.39 is 3.79 Å². The van der Waals surface area contributed by atoms with Gasteiger partial charge < -0.3 is 9.47 Å². The Morgan fingerprint density at radius 1 is 1.59 bits per heavy atom. The van der Waals surface area contributed by atoms with E-state index in [9.17, 15) is 4.79 Å². The maximum absolute atomic E-state index is 11.3. The van der Waals surface area contributed by atoms with Crippen LogP contribution in [-0.2, 0) is 14.3 Å². The summed E-state index contributed by atoms with van der Waals surface area (Å²) < 4.78 is 8.48. The number of ether oxygens (including phenoxy) is 2. The van der Waals surface area contributed by atoms with E-state index in [2.05, 4.69) is 4.99 Å². The van der Waals surface area contributed by atoms with E-state index in [4.69, 9.17) is 44.3 Å². The molecule has 1 rings (SSSR count). The molecule has 2 atom stereocenters. The van der Waals surface area contributed by atoms with Crippen LogP contribution >= 0.6 is 34.8 Å². The van der Waals surface area contributed by atoms with Gasteiger partial charge in [0.05, 0.1) is 25.2 Å². The number of halogens is 3. The van der Waals surface area contributed by atoms with Gasteiger partial charge in [0.2, 0.25) is 5.90 Å². The van der Waals surface area contributed by atoms with Gasteiger partial charge in [-0.1, -0.05) is 34.8 Å². The van der Waals surface area contributed by atoms with Gasteiger partial charge in [-0.25, -0.2) is 4.99 Å². The molecule has 1 heterocycles. The average Bonchev–Trinajstić information content (AvgIpc) is 2.15. The Balaban J connectivity index is 2.69. The standard InChI is InChI=1S/C10H14Cl3NO3/c1-3-16-8(15)5-7-4-6(2)17-9(14-7)10(11,12)13/h6-7H,3-5H2,1-2H3/t6-,7-/m1/s1. The quantitative estimate of drug-likeness (QED) is 0.595. The van der Waals surface area contributed by atoms with E-state index >= 15 is 0 Å². The van der Waals surface area contributed by atoms with Crippen LogP contribution in [0.25, 0.3) is 0 Å². The molecule has 0 bridgehead atoms. The van der Waals surface area contributed by atoms with Crippen LogP contribution in [0.3, 0.4) is 0 Å². The Labute approximate surface area is 115 Å². The van der Waals surface area contributed by atoms with Gasteiger partial charge in [-0.3, -0.25) is 4.79 Å². The monoisotopic (exact) mass is 301 g/mol. The zero-order chi connectivity index (χ0) is 13.1. The van der Waals surface area contributed by atoms with Gasteiger partial charge in [0.15, 0.2) is 0 Å². The average molecular weight is 303 g/mol. The molecule has 0 aromatic carbocycles. The van der Waals surface area contributed by atoms with Crippen LogP contribution in [0.4, 0.5) is 0 Å². The van der Waals surface area contributed by atoms with Gasteiger partial charge in [-0.15, -0.1) is 0 Å². The highest BCUT2D eigenvalue weighted by Crippen LogP contribution is 2.32. The van der Waals surface area contributed by atoms with Crippen molar-refractivity contribution in [1.82, 2.24) is 0 Å². The van der Waals surface area contributed by atoms with Crippen molar-refractivity contribution >= 4 is 46.7 Å². The van der Waals surface area contributed by atoms with Crippen molar-refractivity contribution in [3.63, 3.8) is 0 Å².